The molecule has 2 aromatic rings. The molecule has 34 heavy (non-hydrogen) atoms. The van der Waals surface area contributed by atoms with Crippen molar-refractivity contribution in [3.63, 3.8) is 0 Å². The van der Waals surface area contributed by atoms with Gasteiger partial charge in [0.2, 0.25) is 10.0 Å². The Morgan fingerprint density at radius 2 is 1.74 bits per heavy atom. The van der Waals surface area contributed by atoms with Gasteiger partial charge in [0.15, 0.2) is 0 Å². The SMILES string of the molecule is CCN(CC)CCOc1ccc(NC(=O)c2cccc(S(=O)(=O)N3C[C@H](C)O[C@@H](C)C3)c2)cc1. The molecule has 0 bridgehead atoms. The number of nitrogens with zero attached hydrogens (tertiary/aromatic N) is 2. The van der Waals surface area contributed by atoms with Crippen molar-refractivity contribution in [3.8, 4) is 5.75 Å². The average molecular weight is 490 g/mol. The fourth-order valence-corrected chi connectivity index (χ4v) is 5.58. The fraction of sp³-hybridized carbons (Fsp3) is 0.480. The van der Waals surface area contributed by atoms with Gasteiger partial charge in [0.25, 0.3) is 5.91 Å². The van der Waals surface area contributed by atoms with Crippen molar-refractivity contribution >= 4 is 21.6 Å². The van der Waals surface area contributed by atoms with Crippen LogP contribution in [0.2, 0.25) is 0 Å². The van der Waals surface area contributed by atoms with Crippen LogP contribution in [-0.2, 0) is 14.8 Å². The average Bonchev–Trinajstić information content (AvgIpc) is 2.82. The molecule has 0 spiro atoms. The molecule has 1 aliphatic heterocycles. The van der Waals surface area contributed by atoms with Crippen molar-refractivity contribution in [2.45, 2.75) is 44.8 Å². The summed E-state index contributed by atoms with van der Waals surface area (Å²) in [6, 6.07) is 13.3. The van der Waals surface area contributed by atoms with Crippen LogP contribution >= 0.6 is 0 Å². The van der Waals surface area contributed by atoms with E-state index in [-0.39, 0.29) is 41.7 Å². The van der Waals surface area contributed by atoms with Gasteiger partial charge >= 0.3 is 0 Å². The van der Waals surface area contributed by atoms with Crippen LogP contribution in [0.5, 0.6) is 5.75 Å². The summed E-state index contributed by atoms with van der Waals surface area (Å²) in [4.78, 5) is 15.2. The zero-order valence-corrected chi connectivity index (χ0v) is 21.2. The first-order valence-corrected chi connectivity index (χ1v) is 13.2. The third-order valence-corrected chi connectivity index (χ3v) is 7.63. The van der Waals surface area contributed by atoms with Gasteiger partial charge in [0, 0.05) is 30.9 Å². The highest BCUT2D eigenvalue weighted by atomic mass is 32.2. The van der Waals surface area contributed by atoms with E-state index in [1.54, 1.807) is 36.4 Å². The standard InChI is InChI=1S/C25H35N3O5S/c1-5-27(6-2)14-15-32-23-12-10-22(11-13-23)26-25(29)21-8-7-9-24(16-21)34(30,31)28-17-19(3)33-20(4)18-28/h7-13,16,19-20H,5-6,14-15,17-18H2,1-4H3,(H,26,29)/t19-,20-/m0/s1. The highest BCUT2D eigenvalue weighted by molar-refractivity contribution is 7.89. The molecule has 1 saturated heterocycles. The highest BCUT2D eigenvalue weighted by Gasteiger charge is 2.32. The van der Waals surface area contributed by atoms with E-state index in [1.807, 2.05) is 13.8 Å². The lowest BCUT2D eigenvalue weighted by atomic mass is 10.2. The van der Waals surface area contributed by atoms with Crippen molar-refractivity contribution in [1.82, 2.24) is 9.21 Å². The molecule has 0 saturated carbocycles. The minimum Gasteiger partial charge on any atom is -0.492 e. The Morgan fingerprint density at radius 3 is 2.35 bits per heavy atom. The highest BCUT2D eigenvalue weighted by Crippen LogP contribution is 2.23. The lowest BCUT2D eigenvalue weighted by molar-refractivity contribution is -0.0440. The second kappa shape index (κ2) is 11.8. The van der Waals surface area contributed by atoms with Gasteiger partial charge in [-0.2, -0.15) is 4.31 Å². The van der Waals surface area contributed by atoms with E-state index in [9.17, 15) is 13.2 Å². The van der Waals surface area contributed by atoms with Crippen molar-refractivity contribution in [2.24, 2.45) is 0 Å². The number of hydrogen-bond acceptors (Lipinski definition) is 6. The van der Waals surface area contributed by atoms with Gasteiger partial charge in [-0.25, -0.2) is 8.42 Å². The van der Waals surface area contributed by atoms with Gasteiger partial charge in [0.1, 0.15) is 12.4 Å². The Hall–Kier alpha value is -2.46. The van der Waals surface area contributed by atoms with Gasteiger partial charge in [-0.05, 0) is 69.4 Å². The van der Waals surface area contributed by atoms with Gasteiger partial charge in [0.05, 0.1) is 17.1 Å². The van der Waals surface area contributed by atoms with Gasteiger partial charge in [-0.3, -0.25) is 4.79 Å². The lowest BCUT2D eigenvalue weighted by Gasteiger charge is -2.34. The second-order valence-corrected chi connectivity index (χ2v) is 10.4. The molecule has 8 nitrogen and oxygen atoms in total. The fourth-order valence-electron chi connectivity index (χ4n) is 3.94. The number of amides is 1. The quantitative estimate of drug-likeness (QED) is 0.550. The number of nitrogens with one attached hydrogen (secondary N) is 1. The molecular formula is C25H35N3O5S. The number of likely N-dealkylation sites (N-methyl/N-ethyl adjacent to an activating group) is 1. The summed E-state index contributed by atoms with van der Waals surface area (Å²) in [5.41, 5.74) is 0.875. The Balaban J connectivity index is 1.63. The topological polar surface area (TPSA) is 88.2 Å². The molecule has 0 unspecified atom stereocenters. The molecular weight excluding hydrogens is 454 g/mol. The molecule has 0 aliphatic carbocycles. The minimum absolute atomic E-state index is 0.0957. The number of carbonyl (C=O) groups excluding carboxylic acids is 1. The third-order valence-electron chi connectivity index (χ3n) is 5.80. The number of rotatable bonds is 10. The molecule has 1 heterocycles. The Labute approximate surface area is 202 Å². The molecule has 1 N–H and O–H groups in total. The molecule has 1 aliphatic rings. The summed E-state index contributed by atoms with van der Waals surface area (Å²) in [5, 5.41) is 2.82. The van der Waals surface area contributed by atoms with Gasteiger partial charge < -0.3 is 19.7 Å². The van der Waals surface area contributed by atoms with Crippen molar-refractivity contribution in [1.29, 1.82) is 0 Å². The number of hydrogen-bond donors (Lipinski definition) is 1. The monoisotopic (exact) mass is 489 g/mol. The van der Waals surface area contributed by atoms with E-state index >= 15 is 0 Å². The Morgan fingerprint density at radius 1 is 1.09 bits per heavy atom. The molecule has 9 heteroatoms. The number of anilines is 1. The molecule has 3 rings (SSSR count). The van der Waals surface area contributed by atoms with Crippen LogP contribution in [0.25, 0.3) is 0 Å². The van der Waals surface area contributed by atoms with Crippen molar-refractivity contribution < 1.29 is 22.7 Å². The van der Waals surface area contributed by atoms with E-state index in [4.69, 9.17) is 9.47 Å². The molecule has 0 radical (unpaired) electrons. The van der Waals surface area contributed by atoms with Crippen LogP contribution in [0.4, 0.5) is 5.69 Å². The van der Waals surface area contributed by atoms with Crippen LogP contribution in [0, 0.1) is 0 Å². The smallest absolute Gasteiger partial charge is 0.255 e. The zero-order chi connectivity index (χ0) is 24.7. The minimum atomic E-state index is -3.73. The maximum Gasteiger partial charge on any atom is 0.255 e. The molecule has 186 valence electrons. The van der Waals surface area contributed by atoms with E-state index in [2.05, 4.69) is 24.1 Å². The van der Waals surface area contributed by atoms with Crippen LogP contribution in [0.15, 0.2) is 53.4 Å². The molecule has 1 fully saturated rings. The molecule has 0 aromatic heterocycles. The largest absolute Gasteiger partial charge is 0.492 e. The zero-order valence-electron chi connectivity index (χ0n) is 20.4. The van der Waals surface area contributed by atoms with E-state index in [0.29, 0.717) is 12.3 Å². The molecule has 2 aromatic carbocycles. The maximum atomic E-state index is 13.1. The number of sulfonamides is 1. The van der Waals surface area contributed by atoms with Crippen molar-refractivity contribution in [2.75, 3.05) is 44.6 Å². The summed E-state index contributed by atoms with van der Waals surface area (Å²) in [6.45, 7) is 11.9. The summed E-state index contributed by atoms with van der Waals surface area (Å²) in [7, 11) is -3.73. The van der Waals surface area contributed by atoms with Crippen LogP contribution in [0.1, 0.15) is 38.1 Å². The first-order valence-electron chi connectivity index (χ1n) is 11.7. The van der Waals surface area contributed by atoms with Crippen molar-refractivity contribution in [3.05, 3.63) is 54.1 Å². The third kappa shape index (κ3) is 6.79. The van der Waals surface area contributed by atoms with E-state index < -0.39 is 10.0 Å². The van der Waals surface area contributed by atoms with Crippen LogP contribution < -0.4 is 10.1 Å². The molecule has 1 amide bonds. The Kier molecular flexibility index (Phi) is 9.07. The van der Waals surface area contributed by atoms with Gasteiger partial charge in [-0.1, -0.05) is 19.9 Å². The van der Waals surface area contributed by atoms with E-state index in [0.717, 1.165) is 25.4 Å². The summed E-state index contributed by atoms with van der Waals surface area (Å²) in [5.74, 6) is 0.350. The van der Waals surface area contributed by atoms with Gasteiger partial charge in [-0.15, -0.1) is 0 Å². The summed E-state index contributed by atoms with van der Waals surface area (Å²) in [6.07, 6.45) is -0.372. The number of carbonyl (C=O) groups is 1. The molecule has 2 atom stereocenters. The summed E-state index contributed by atoms with van der Waals surface area (Å²) < 4.78 is 39.1. The number of benzene rings is 2. The van der Waals surface area contributed by atoms with Crippen LogP contribution in [-0.4, -0.2) is 75.1 Å². The Bertz CT molecular complexity index is 1040. The number of morpholine rings is 1. The van der Waals surface area contributed by atoms with Crippen LogP contribution in [0.3, 0.4) is 0 Å². The first kappa shape index (κ1) is 26.2. The van der Waals surface area contributed by atoms with E-state index in [1.165, 1.54) is 16.4 Å². The maximum absolute atomic E-state index is 13.1. The normalized spacial score (nSPS) is 19.2. The predicted octanol–water partition coefficient (Wildman–Crippen LogP) is 3.46. The predicted molar refractivity (Wildman–Crippen MR) is 133 cm³/mol. The summed E-state index contributed by atoms with van der Waals surface area (Å²) >= 11 is 0. The second-order valence-electron chi connectivity index (χ2n) is 8.46. The first-order chi connectivity index (χ1) is 16.2. The number of ether oxygens (including phenoxy) is 2. The lowest BCUT2D eigenvalue weighted by Crippen LogP contribution is -2.48.